The van der Waals surface area contributed by atoms with Crippen molar-refractivity contribution in [2.24, 2.45) is 12.8 Å². The molecule has 2 unspecified atom stereocenters. The van der Waals surface area contributed by atoms with Gasteiger partial charge in [-0.05, 0) is 25.3 Å². The number of methoxy groups -OCH3 is 1. The molecular weight excluding hydrogens is 458 g/mol. The summed E-state index contributed by atoms with van der Waals surface area (Å²) < 4.78 is 11.0. The predicted molar refractivity (Wildman–Crippen MR) is 124 cm³/mol. The van der Waals surface area contributed by atoms with E-state index in [4.69, 9.17) is 15.6 Å². The van der Waals surface area contributed by atoms with E-state index in [0.29, 0.717) is 50.0 Å². The molecule has 2 heterocycles. The van der Waals surface area contributed by atoms with Crippen LogP contribution in [0.2, 0.25) is 0 Å². The molecule has 0 saturated heterocycles. The molecule has 0 bridgehead atoms. The van der Waals surface area contributed by atoms with Gasteiger partial charge in [0.15, 0.2) is 13.1 Å². The molecule has 0 fully saturated rings. The van der Waals surface area contributed by atoms with Crippen LogP contribution in [0, 0.1) is 0 Å². The fraction of sp³-hybridized carbons (Fsp3) is 0.565. The summed E-state index contributed by atoms with van der Waals surface area (Å²) in [7, 11) is 5.47. The Bertz CT molecular complexity index is 1030. The van der Waals surface area contributed by atoms with Gasteiger partial charge in [-0.3, -0.25) is 9.59 Å². The number of rotatable bonds is 16. The van der Waals surface area contributed by atoms with Crippen molar-refractivity contribution >= 4 is 17.9 Å². The Balaban J connectivity index is 2.36. The first-order valence-electron chi connectivity index (χ1n) is 11.4. The second-order valence-electron chi connectivity index (χ2n) is 9.19. The summed E-state index contributed by atoms with van der Waals surface area (Å²) in [4.78, 5) is 33.9. The van der Waals surface area contributed by atoms with Crippen LogP contribution in [-0.4, -0.2) is 73.6 Å². The first-order valence-corrected chi connectivity index (χ1v) is 11.4. The third-order valence-electron chi connectivity index (χ3n) is 6.13. The van der Waals surface area contributed by atoms with Gasteiger partial charge in [0, 0.05) is 18.9 Å². The summed E-state index contributed by atoms with van der Waals surface area (Å²) in [5.74, 6) is -2.13. The van der Waals surface area contributed by atoms with Gasteiger partial charge >= 0.3 is 23.7 Å². The van der Waals surface area contributed by atoms with Crippen LogP contribution in [0.15, 0.2) is 24.7 Å². The van der Waals surface area contributed by atoms with Gasteiger partial charge in [0.1, 0.15) is 31.5 Å². The van der Waals surface area contributed by atoms with E-state index in [1.165, 1.54) is 0 Å². The maximum absolute atomic E-state index is 11.5. The second kappa shape index (κ2) is 12.5. The number of hydrogen-bond donors (Lipinski definition) is 4. The lowest BCUT2D eigenvalue weighted by molar-refractivity contribution is -0.944. The van der Waals surface area contributed by atoms with E-state index in [0.717, 1.165) is 17.1 Å². The van der Waals surface area contributed by atoms with Gasteiger partial charge in [0.25, 0.3) is 0 Å². The third-order valence-corrected chi connectivity index (χ3v) is 6.13. The van der Waals surface area contributed by atoms with Crippen LogP contribution in [0.1, 0.15) is 36.3 Å². The molecule has 2 atom stereocenters. The molecule has 0 amide bonds. The molecule has 2 rings (SSSR count). The minimum absolute atomic E-state index is 0.173. The first-order chi connectivity index (χ1) is 16.5. The van der Waals surface area contributed by atoms with Crippen LogP contribution in [0.25, 0.3) is 0 Å². The van der Waals surface area contributed by atoms with Crippen LogP contribution in [0.3, 0.4) is 0 Å². The number of carboxylic acid groups (broad SMARTS) is 3. The van der Waals surface area contributed by atoms with Crippen molar-refractivity contribution in [1.82, 2.24) is 9.13 Å². The Morgan fingerprint density at radius 1 is 1.09 bits per heavy atom. The van der Waals surface area contributed by atoms with Crippen molar-refractivity contribution < 1.29 is 43.5 Å². The molecule has 0 saturated carbocycles. The molecule has 0 aliphatic heterocycles. The van der Waals surface area contributed by atoms with E-state index < -0.39 is 23.9 Å². The highest BCUT2D eigenvalue weighted by atomic mass is 16.5. The maximum Gasteiger partial charge on any atom is 0.346 e. The average molecular weight is 496 g/mol. The lowest BCUT2D eigenvalue weighted by Crippen LogP contribution is -2.48. The zero-order valence-corrected chi connectivity index (χ0v) is 20.6. The average Bonchev–Trinajstić information content (AvgIpc) is 3.28. The number of nitrogens with zero attached hydrogens (tertiary/aromatic N) is 4. The van der Waals surface area contributed by atoms with Crippen LogP contribution in [0.5, 0.6) is 0 Å². The predicted octanol–water partition coefficient (Wildman–Crippen LogP) is 0.159. The Hall–Kier alpha value is -3.22. The summed E-state index contributed by atoms with van der Waals surface area (Å²) in [6.45, 7) is 1.58. The van der Waals surface area contributed by atoms with Crippen LogP contribution < -0.4 is 10.3 Å². The fourth-order valence-electron chi connectivity index (χ4n) is 4.27. The minimum atomic E-state index is -1.03. The quantitative estimate of drug-likeness (QED) is 0.145. The van der Waals surface area contributed by atoms with Crippen molar-refractivity contribution in [3.05, 3.63) is 41.7 Å². The topological polar surface area (TPSA) is 161 Å². The Kier molecular flexibility index (Phi) is 9.99. The molecule has 194 valence electrons. The van der Waals surface area contributed by atoms with Crippen molar-refractivity contribution in [2.45, 2.75) is 58.1 Å². The van der Waals surface area contributed by atoms with Gasteiger partial charge in [0.05, 0.1) is 32.9 Å². The van der Waals surface area contributed by atoms with Gasteiger partial charge in [0.2, 0.25) is 0 Å². The van der Waals surface area contributed by atoms with Crippen molar-refractivity contribution in [2.75, 3.05) is 20.7 Å². The summed E-state index contributed by atoms with van der Waals surface area (Å²) in [6.07, 6.45) is 6.93. The zero-order chi connectivity index (χ0) is 26.2. The van der Waals surface area contributed by atoms with E-state index in [1.807, 2.05) is 24.7 Å². The van der Waals surface area contributed by atoms with Crippen LogP contribution in [-0.2, 0) is 59.0 Å². The summed E-state index contributed by atoms with van der Waals surface area (Å²) in [5, 5.41) is 27.8. The normalized spacial score (nSPS) is 13.9. The molecule has 35 heavy (non-hydrogen) atoms. The highest BCUT2D eigenvalue weighted by Crippen LogP contribution is 2.22. The zero-order valence-electron chi connectivity index (χ0n) is 20.6. The molecule has 0 aliphatic carbocycles. The molecule has 12 heteroatoms. The lowest BCUT2D eigenvalue weighted by Gasteiger charge is -2.34. The number of hydrogen-bond acceptors (Lipinski definition) is 5. The van der Waals surface area contributed by atoms with E-state index in [-0.39, 0.29) is 13.1 Å². The molecule has 2 aromatic rings. The highest BCUT2D eigenvalue weighted by Gasteiger charge is 2.32. The van der Waals surface area contributed by atoms with Crippen molar-refractivity contribution in [3.63, 3.8) is 0 Å². The van der Waals surface area contributed by atoms with Gasteiger partial charge in [-0.1, -0.05) is 0 Å². The van der Waals surface area contributed by atoms with Crippen LogP contribution >= 0.6 is 0 Å². The molecular formula is C23H37N5O7+2. The smallest absolute Gasteiger partial charge is 0.346 e. The van der Waals surface area contributed by atoms with Crippen molar-refractivity contribution in [1.29, 1.82) is 0 Å². The lowest BCUT2D eigenvalue weighted by atomic mass is 10.1. The summed E-state index contributed by atoms with van der Waals surface area (Å²) in [6, 6.07) is 0.936. The van der Waals surface area contributed by atoms with Gasteiger partial charge in [-0.15, -0.1) is 0 Å². The number of aryl methyl sites for hydroxylation is 1. The molecule has 5 N–H and O–H groups in total. The SMILES string of the molecule is COCc1ccn(CC(=O)O)c1C[N+](C)(CCCCC(N)C(=O)O)Cc1n(CC(=O)O)cc[n+]1C. The van der Waals surface area contributed by atoms with E-state index in [2.05, 4.69) is 0 Å². The molecule has 12 nitrogen and oxygen atoms in total. The number of imidazole rings is 1. The number of ether oxygens (including phenoxy) is 1. The number of nitrogens with two attached hydrogens (primary N) is 1. The number of carbonyl (C=O) groups is 3. The molecule has 0 aliphatic rings. The number of aromatic nitrogens is 3. The van der Waals surface area contributed by atoms with Crippen molar-refractivity contribution in [3.8, 4) is 0 Å². The number of quaternary nitrogens is 1. The van der Waals surface area contributed by atoms with E-state index in [1.54, 1.807) is 34.8 Å². The third kappa shape index (κ3) is 8.19. The van der Waals surface area contributed by atoms with E-state index in [9.17, 15) is 24.6 Å². The van der Waals surface area contributed by atoms with Crippen LogP contribution in [0.4, 0.5) is 0 Å². The number of aliphatic carboxylic acids is 3. The van der Waals surface area contributed by atoms with Gasteiger partial charge in [-0.2, -0.15) is 0 Å². The Morgan fingerprint density at radius 3 is 2.34 bits per heavy atom. The minimum Gasteiger partial charge on any atom is -0.480 e. The van der Waals surface area contributed by atoms with E-state index >= 15 is 0 Å². The van der Waals surface area contributed by atoms with Gasteiger partial charge in [-0.25, -0.2) is 13.9 Å². The largest absolute Gasteiger partial charge is 0.480 e. The molecule has 0 radical (unpaired) electrons. The standard InChI is InChI=1S/C23H35N5O7/c1-25-9-10-27(13-22(31)32)20(25)15-28(2,11-5-4-6-18(24)23(33)34)14-19-17(16-35-3)7-8-26(19)12-21(29)30/h7-10,18H,4-6,11-16,24H2,1-3H3,(H-2,29,30,31,32,33,34)/p+2. The molecule has 2 aromatic heterocycles. The highest BCUT2D eigenvalue weighted by molar-refractivity contribution is 5.72. The van der Waals surface area contributed by atoms with Gasteiger partial charge < -0.3 is 34.8 Å². The second-order valence-corrected chi connectivity index (χ2v) is 9.19. The fourth-order valence-corrected chi connectivity index (χ4v) is 4.27. The maximum atomic E-state index is 11.5. The monoisotopic (exact) mass is 495 g/mol. The number of unbranched alkanes of at least 4 members (excludes halogenated alkanes) is 1. The summed E-state index contributed by atoms with van der Waals surface area (Å²) in [5.41, 5.74) is 7.37. The number of carboxylic acids is 3. The first kappa shape index (κ1) is 28.0. The Morgan fingerprint density at radius 2 is 1.74 bits per heavy atom. The molecule has 0 aromatic carbocycles. The summed E-state index contributed by atoms with van der Waals surface area (Å²) >= 11 is 0. The Labute approximate surface area is 204 Å². The molecule has 0 spiro atoms.